The second-order valence-corrected chi connectivity index (χ2v) is 6.41. The third-order valence-corrected chi connectivity index (χ3v) is 4.76. The number of hydrogen-bond acceptors (Lipinski definition) is 3. The summed E-state index contributed by atoms with van der Waals surface area (Å²) in [4.78, 5) is 1.48. The van der Waals surface area contributed by atoms with Gasteiger partial charge in [-0.3, -0.25) is 4.90 Å². The van der Waals surface area contributed by atoms with Gasteiger partial charge in [0.2, 0.25) is 0 Å². The number of nitrogens with zero attached hydrogens (tertiary/aromatic N) is 1. The predicted molar refractivity (Wildman–Crippen MR) is 71.5 cm³/mol. The quantitative estimate of drug-likeness (QED) is 0.815. The summed E-state index contributed by atoms with van der Waals surface area (Å²) < 4.78 is 36.9. The van der Waals surface area contributed by atoms with Gasteiger partial charge in [0, 0.05) is 24.6 Å². The highest BCUT2D eigenvalue weighted by atomic mass is 19.4. The van der Waals surface area contributed by atoms with Gasteiger partial charge >= 0.3 is 6.18 Å². The van der Waals surface area contributed by atoms with Gasteiger partial charge in [0.25, 0.3) is 0 Å². The predicted octanol–water partition coefficient (Wildman–Crippen LogP) is 2.16. The standard InChI is InChI=1S/C14H25F3N2O/c15-14(16,17)10-19-7-3-12(4-8-19)18-9-13(11-20)5-1-2-6-13/h12,18,20H,1-11H2. The van der Waals surface area contributed by atoms with Gasteiger partial charge in [-0.25, -0.2) is 0 Å². The Kier molecular flexibility index (Phi) is 5.31. The monoisotopic (exact) mass is 294 g/mol. The zero-order valence-electron chi connectivity index (χ0n) is 11.9. The third kappa shape index (κ3) is 4.60. The van der Waals surface area contributed by atoms with Crippen LogP contribution >= 0.6 is 0 Å². The average molecular weight is 294 g/mol. The van der Waals surface area contributed by atoms with E-state index >= 15 is 0 Å². The maximum atomic E-state index is 12.3. The Bertz CT molecular complexity index is 295. The lowest BCUT2D eigenvalue weighted by molar-refractivity contribution is -0.148. The van der Waals surface area contributed by atoms with Gasteiger partial charge in [-0.2, -0.15) is 13.2 Å². The van der Waals surface area contributed by atoms with Gasteiger partial charge < -0.3 is 10.4 Å². The molecule has 0 amide bonds. The van der Waals surface area contributed by atoms with Crippen LogP contribution in [0, 0.1) is 5.41 Å². The molecule has 0 aromatic heterocycles. The molecular formula is C14H25F3N2O. The average Bonchev–Trinajstić information content (AvgIpc) is 2.86. The molecule has 2 aliphatic rings. The first-order chi connectivity index (χ1) is 9.42. The molecule has 3 nitrogen and oxygen atoms in total. The van der Waals surface area contributed by atoms with Crippen LogP contribution in [0.3, 0.4) is 0 Å². The number of rotatable bonds is 5. The zero-order chi connectivity index (χ0) is 14.6. The SMILES string of the molecule is OCC1(CNC2CCN(CC(F)(F)F)CC2)CCCC1. The van der Waals surface area contributed by atoms with Gasteiger partial charge in [0.1, 0.15) is 0 Å². The summed E-state index contributed by atoms with van der Waals surface area (Å²) in [6.07, 6.45) is 1.89. The van der Waals surface area contributed by atoms with Crippen molar-refractivity contribution in [1.82, 2.24) is 10.2 Å². The van der Waals surface area contributed by atoms with E-state index in [-0.39, 0.29) is 12.0 Å². The maximum Gasteiger partial charge on any atom is 0.401 e. The van der Waals surface area contributed by atoms with Gasteiger partial charge in [-0.15, -0.1) is 0 Å². The summed E-state index contributed by atoms with van der Waals surface area (Å²) in [5.74, 6) is 0. The van der Waals surface area contributed by atoms with Crippen molar-refractivity contribution in [2.45, 2.75) is 50.7 Å². The molecular weight excluding hydrogens is 269 g/mol. The van der Waals surface area contributed by atoms with E-state index < -0.39 is 12.7 Å². The Morgan fingerprint density at radius 1 is 1.15 bits per heavy atom. The molecule has 0 aromatic carbocycles. The van der Waals surface area contributed by atoms with Crippen molar-refractivity contribution < 1.29 is 18.3 Å². The fourth-order valence-corrected chi connectivity index (χ4v) is 3.43. The van der Waals surface area contributed by atoms with Crippen molar-refractivity contribution in [2.75, 3.05) is 32.8 Å². The first-order valence-electron chi connectivity index (χ1n) is 7.56. The summed E-state index contributed by atoms with van der Waals surface area (Å²) >= 11 is 0. The molecule has 2 N–H and O–H groups in total. The fraction of sp³-hybridized carbons (Fsp3) is 1.00. The van der Waals surface area contributed by atoms with Gasteiger partial charge in [0.15, 0.2) is 0 Å². The first kappa shape index (κ1) is 16.0. The minimum atomic E-state index is -4.09. The van der Waals surface area contributed by atoms with Crippen LogP contribution in [-0.4, -0.2) is 55.0 Å². The van der Waals surface area contributed by atoms with Crippen LogP contribution in [0.4, 0.5) is 13.2 Å². The Balaban J connectivity index is 1.69. The smallest absolute Gasteiger partial charge is 0.396 e. The molecule has 2 rings (SSSR count). The summed E-state index contributed by atoms with van der Waals surface area (Å²) in [7, 11) is 0. The van der Waals surface area contributed by atoms with E-state index in [4.69, 9.17) is 0 Å². The molecule has 0 bridgehead atoms. The zero-order valence-corrected chi connectivity index (χ0v) is 11.9. The molecule has 1 saturated heterocycles. The number of hydrogen-bond donors (Lipinski definition) is 2. The molecule has 0 aromatic rings. The highest BCUT2D eigenvalue weighted by Gasteiger charge is 2.35. The summed E-state index contributed by atoms with van der Waals surface area (Å²) in [6.45, 7) is 1.23. The highest BCUT2D eigenvalue weighted by molar-refractivity contribution is 4.88. The van der Waals surface area contributed by atoms with Gasteiger partial charge in [-0.05, 0) is 38.8 Å². The molecule has 118 valence electrons. The lowest BCUT2D eigenvalue weighted by atomic mass is 9.86. The molecule has 0 unspecified atom stereocenters. The minimum absolute atomic E-state index is 0.0170. The molecule has 0 spiro atoms. The van der Waals surface area contributed by atoms with Crippen LogP contribution in [0.1, 0.15) is 38.5 Å². The lowest BCUT2D eigenvalue weighted by Crippen LogP contribution is -2.48. The Labute approximate surface area is 118 Å². The van der Waals surface area contributed by atoms with Crippen LogP contribution in [-0.2, 0) is 0 Å². The van der Waals surface area contributed by atoms with Crippen molar-refractivity contribution in [2.24, 2.45) is 5.41 Å². The Hall–Kier alpha value is -0.330. The van der Waals surface area contributed by atoms with Crippen molar-refractivity contribution in [3.63, 3.8) is 0 Å². The summed E-state index contributed by atoms with van der Waals surface area (Å²) in [5.41, 5.74) is 0.0170. The normalized spacial score (nSPS) is 25.2. The third-order valence-electron chi connectivity index (χ3n) is 4.76. The summed E-state index contributed by atoms with van der Waals surface area (Å²) in [5, 5.41) is 13.0. The van der Waals surface area contributed by atoms with Crippen LogP contribution in [0.5, 0.6) is 0 Å². The molecule has 20 heavy (non-hydrogen) atoms. The first-order valence-corrected chi connectivity index (χ1v) is 7.56. The number of nitrogens with one attached hydrogen (secondary N) is 1. The second kappa shape index (κ2) is 6.62. The number of halogens is 3. The lowest BCUT2D eigenvalue weighted by Gasteiger charge is -2.35. The van der Waals surface area contributed by atoms with Gasteiger partial charge in [-0.1, -0.05) is 12.8 Å². The molecule has 1 aliphatic carbocycles. The molecule has 1 aliphatic heterocycles. The molecule has 2 fully saturated rings. The van der Waals surface area contributed by atoms with Crippen molar-refractivity contribution >= 4 is 0 Å². The molecule has 0 radical (unpaired) electrons. The van der Waals surface area contributed by atoms with E-state index in [0.717, 1.165) is 32.2 Å². The van der Waals surface area contributed by atoms with E-state index in [1.54, 1.807) is 0 Å². The van der Waals surface area contributed by atoms with Crippen molar-refractivity contribution in [3.8, 4) is 0 Å². The molecule has 1 heterocycles. The van der Waals surface area contributed by atoms with Crippen LogP contribution in [0.15, 0.2) is 0 Å². The highest BCUT2D eigenvalue weighted by Crippen LogP contribution is 2.37. The summed E-state index contributed by atoms with van der Waals surface area (Å²) in [6, 6.07) is 0.295. The number of alkyl halides is 3. The Morgan fingerprint density at radius 3 is 2.25 bits per heavy atom. The van der Waals surface area contributed by atoms with E-state index in [1.165, 1.54) is 17.7 Å². The number of piperidine rings is 1. The van der Waals surface area contributed by atoms with E-state index in [2.05, 4.69) is 5.32 Å². The number of aliphatic hydroxyl groups is 1. The van der Waals surface area contributed by atoms with Crippen LogP contribution < -0.4 is 5.32 Å². The number of aliphatic hydroxyl groups excluding tert-OH is 1. The van der Waals surface area contributed by atoms with Gasteiger partial charge in [0.05, 0.1) is 6.54 Å². The van der Waals surface area contributed by atoms with Crippen molar-refractivity contribution in [1.29, 1.82) is 0 Å². The number of likely N-dealkylation sites (tertiary alicyclic amines) is 1. The Morgan fingerprint density at radius 2 is 1.75 bits per heavy atom. The molecule has 0 atom stereocenters. The minimum Gasteiger partial charge on any atom is -0.396 e. The second-order valence-electron chi connectivity index (χ2n) is 6.41. The van der Waals surface area contributed by atoms with E-state index in [9.17, 15) is 18.3 Å². The van der Waals surface area contributed by atoms with Crippen LogP contribution in [0.25, 0.3) is 0 Å². The van der Waals surface area contributed by atoms with Crippen LogP contribution in [0.2, 0.25) is 0 Å². The maximum absolute atomic E-state index is 12.3. The molecule has 6 heteroatoms. The van der Waals surface area contributed by atoms with E-state index in [1.807, 2.05) is 0 Å². The topological polar surface area (TPSA) is 35.5 Å². The van der Waals surface area contributed by atoms with E-state index in [0.29, 0.717) is 19.1 Å². The largest absolute Gasteiger partial charge is 0.401 e. The fourth-order valence-electron chi connectivity index (χ4n) is 3.43. The molecule has 1 saturated carbocycles. The van der Waals surface area contributed by atoms with Crippen molar-refractivity contribution in [3.05, 3.63) is 0 Å².